The van der Waals surface area contributed by atoms with Gasteiger partial charge in [0.25, 0.3) is 0 Å². The van der Waals surface area contributed by atoms with Crippen molar-refractivity contribution in [2.75, 3.05) is 9.71 Å². The number of anilines is 5. The molecule has 192 valence electrons. The Hall–Kier alpha value is -5.22. The molecule has 7 aromatic rings. The van der Waals surface area contributed by atoms with E-state index in [1.54, 1.807) is 0 Å². The first-order valence-electron chi connectivity index (χ1n) is 14.1. The molecule has 0 saturated carbocycles. The normalized spacial score (nSPS) is 13.3. The monoisotopic (exact) mass is 524 g/mol. The molecular weight excluding hydrogens is 499 g/mol. The summed E-state index contributed by atoms with van der Waals surface area (Å²) >= 11 is 0. The standard InChI is InChI=1S/C37H25BN2O/c1-24-20-30-28-22-29-27-16-8-11-19-35(27)41-36(29)23-33(28)40(26-14-6-3-7-15-26)38-31-17-9-10-18-32(31)39(34(21-24)37(30)38)25-12-4-2-5-13-25/h2-23H,1H3. The maximum Gasteiger partial charge on any atom is 0.333 e. The van der Waals surface area contributed by atoms with Crippen molar-refractivity contribution in [2.24, 2.45) is 0 Å². The average Bonchev–Trinajstić information content (AvgIpc) is 3.38. The van der Waals surface area contributed by atoms with Gasteiger partial charge in [-0.1, -0.05) is 78.9 Å². The van der Waals surface area contributed by atoms with Gasteiger partial charge in [0.05, 0.1) is 0 Å². The summed E-state index contributed by atoms with van der Waals surface area (Å²) in [6.07, 6.45) is 0. The van der Waals surface area contributed by atoms with Crippen LogP contribution in [0.1, 0.15) is 5.56 Å². The first kappa shape index (κ1) is 22.6. The van der Waals surface area contributed by atoms with Gasteiger partial charge >= 0.3 is 6.85 Å². The first-order chi connectivity index (χ1) is 20.3. The molecule has 0 unspecified atom stereocenters. The predicted molar refractivity (Wildman–Crippen MR) is 172 cm³/mol. The SMILES string of the molecule is Cc1cc2c3c(c1)N(c1ccccc1)c1ccccc1B3N(c1ccccc1)c1cc3oc4ccccc4c3cc1-2. The average molecular weight is 524 g/mol. The van der Waals surface area contributed by atoms with E-state index < -0.39 is 0 Å². The van der Waals surface area contributed by atoms with E-state index in [-0.39, 0.29) is 6.85 Å². The number of hydrogen-bond acceptors (Lipinski definition) is 3. The molecule has 0 atom stereocenters. The lowest BCUT2D eigenvalue weighted by molar-refractivity contribution is 0.669. The van der Waals surface area contributed by atoms with Crippen molar-refractivity contribution in [2.45, 2.75) is 6.92 Å². The minimum absolute atomic E-state index is 0.00786. The zero-order valence-corrected chi connectivity index (χ0v) is 22.6. The Balaban J connectivity index is 1.44. The fourth-order valence-corrected chi connectivity index (χ4v) is 7.00. The van der Waals surface area contributed by atoms with E-state index in [0.717, 1.165) is 27.6 Å². The number of furan rings is 1. The van der Waals surface area contributed by atoms with Gasteiger partial charge in [-0.2, -0.15) is 0 Å². The van der Waals surface area contributed by atoms with Crippen molar-refractivity contribution < 1.29 is 4.42 Å². The van der Waals surface area contributed by atoms with E-state index in [1.165, 1.54) is 50.4 Å². The lowest BCUT2D eigenvalue weighted by Gasteiger charge is -2.45. The Morgan fingerprint density at radius 1 is 0.537 bits per heavy atom. The summed E-state index contributed by atoms with van der Waals surface area (Å²) in [6.45, 7) is 2.22. The molecule has 0 spiro atoms. The van der Waals surface area contributed by atoms with E-state index in [4.69, 9.17) is 4.42 Å². The summed E-state index contributed by atoms with van der Waals surface area (Å²) in [5.74, 6) is 0. The number of aryl methyl sites for hydroxylation is 1. The quantitative estimate of drug-likeness (QED) is 0.211. The molecule has 9 rings (SSSR count). The molecule has 0 bridgehead atoms. The summed E-state index contributed by atoms with van der Waals surface area (Å²) in [4.78, 5) is 4.96. The topological polar surface area (TPSA) is 19.6 Å². The number of benzene rings is 6. The number of nitrogens with zero attached hydrogens (tertiary/aromatic N) is 2. The van der Waals surface area contributed by atoms with Crippen molar-refractivity contribution in [3.05, 3.63) is 139 Å². The highest BCUT2D eigenvalue weighted by Gasteiger charge is 2.45. The Kier molecular flexibility index (Phi) is 4.62. The van der Waals surface area contributed by atoms with Crippen LogP contribution >= 0.6 is 0 Å². The third kappa shape index (κ3) is 3.16. The smallest absolute Gasteiger partial charge is 0.333 e. The summed E-state index contributed by atoms with van der Waals surface area (Å²) in [5, 5.41) is 2.30. The molecule has 6 aromatic carbocycles. The highest BCUT2D eigenvalue weighted by Crippen LogP contribution is 2.48. The molecule has 0 N–H and O–H groups in total. The molecule has 2 aliphatic heterocycles. The summed E-state index contributed by atoms with van der Waals surface area (Å²) in [6, 6.07) is 48.1. The van der Waals surface area contributed by atoms with Gasteiger partial charge in [0.2, 0.25) is 0 Å². The summed E-state index contributed by atoms with van der Waals surface area (Å²) in [5.41, 5.74) is 14.2. The number of para-hydroxylation sites is 4. The Bertz CT molecular complexity index is 2130. The van der Waals surface area contributed by atoms with Crippen LogP contribution in [0.4, 0.5) is 28.4 Å². The van der Waals surface area contributed by atoms with Gasteiger partial charge in [-0.15, -0.1) is 0 Å². The molecule has 41 heavy (non-hydrogen) atoms. The zero-order chi connectivity index (χ0) is 27.1. The summed E-state index contributed by atoms with van der Waals surface area (Å²) < 4.78 is 6.43. The minimum atomic E-state index is 0.00786. The Labute approximate surface area is 239 Å². The van der Waals surface area contributed by atoms with Crippen LogP contribution in [0.25, 0.3) is 33.1 Å². The van der Waals surface area contributed by atoms with E-state index in [2.05, 4.69) is 144 Å². The van der Waals surface area contributed by atoms with Crippen LogP contribution in [0.5, 0.6) is 0 Å². The van der Waals surface area contributed by atoms with Gasteiger partial charge < -0.3 is 14.1 Å². The molecule has 4 heteroatoms. The van der Waals surface area contributed by atoms with Crippen molar-refractivity contribution in [3.63, 3.8) is 0 Å². The first-order valence-corrected chi connectivity index (χ1v) is 14.1. The maximum absolute atomic E-state index is 6.43. The van der Waals surface area contributed by atoms with Gasteiger partial charge in [-0.3, -0.25) is 0 Å². The van der Waals surface area contributed by atoms with Crippen molar-refractivity contribution in [3.8, 4) is 11.1 Å². The van der Waals surface area contributed by atoms with Crippen LogP contribution in [0.2, 0.25) is 0 Å². The largest absolute Gasteiger partial charge is 0.456 e. The maximum atomic E-state index is 6.43. The molecule has 0 saturated heterocycles. The van der Waals surface area contributed by atoms with E-state index in [1.807, 2.05) is 6.07 Å². The van der Waals surface area contributed by atoms with Crippen LogP contribution in [-0.4, -0.2) is 6.85 Å². The molecule has 2 aliphatic rings. The predicted octanol–water partition coefficient (Wildman–Crippen LogP) is 8.60. The van der Waals surface area contributed by atoms with Gasteiger partial charge in [0, 0.05) is 50.8 Å². The van der Waals surface area contributed by atoms with Crippen molar-refractivity contribution in [1.29, 1.82) is 0 Å². The Morgan fingerprint density at radius 3 is 2.07 bits per heavy atom. The second-order valence-electron chi connectivity index (χ2n) is 11.0. The molecule has 0 radical (unpaired) electrons. The Morgan fingerprint density at radius 2 is 1.24 bits per heavy atom. The molecule has 1 aromatic heterocycles. The molecular formula is C37H25BN2O. The van der Waals surface area contributed by atoms with E-state index >= 15 is 0 Å². The second-order valence-corrected chi connectivity index (χ2v) is 11.0. The van der Waals surface area contributed by atoms with Crippen LogP contribution in [-0.2, 0) is 0 Å². The lowest BCUT2D eigenvalue weighted by Crippen LogP contribution is -2.61. The van der Waals surface area contributed by atoms with Crippen LogP contribution in [0.3, 0.4) is 0 Å². The van der Waals surface area contributed by atoms with Gasteiger partial charge in [0.1, 0.15) is 11.2 Å². The van der Waals surface area contributed by atoms with Gasteiger partial charge in [-0.05, 0) is 77.5 Å². The third-order valence-corrected chi connectivity index (χ3v) is 8.64. The fraction of sp³-hybridized carbons (Fsp3) is 0.0270. The highest BCUT2D eigenvalue weighted by atomic mass is 16.3. The summed E-state index contributed by atoms with van der Waals surface area (Å²) in [7, 11) is 0. The van der Waals surface area contributed by atoms with E-state index in [9.17, 15) is 0 Å². The van der Waals surface area contributed by atoms with Crippen LogP contribution in [0.15, 0.2) is 138 Å². The fourth-order valence-electron chi connectivity index (χ4n) is 7.00. The number of rotatable bonds is 2. The minimum Gasteiger partial charge on any atom is -0.456 e. The number of hydrogen-bond donors (Lipinski definition) is 0. The number of fused-ring (bicyclic) bond motifs is 7. The van der Waals surface area contributed by atoms with Crippen LogP contribution in [0, 0.1) is 6.92 Å². The van der Waals surface area contributed by atoms with Gasteiger partial charge in [0.15, 0.2) is 0 Å². The lowest BCUT2D eigenvalue weighted by atomic mass is 9.43. The van der Waals surface area contributed by atoms with E-state index in [0.29, 0.717) is 0 Å². The van der Waals surface area contributed by atoms with Gasteiger partial charge in [-0.25, -0.2) is 0 Å². The van der Waals surface area contributed by atoms with Crippen molar-refractivity contribution in [1.82, 2.24) is 0 Å². The van der Waals surface area contributed by atoms with Crippen molar-refractivity contribution >= 4 is 68.1 Å². The van der Waals surface area contributed by atoms with Crippen LogP contribution < -0.4 is 20.6 Å². The zero-order valence-electron chi connectivity index (χ0n) is 22.6. The molecule has 3 heterocycles. The third-order valence-electron chi connectivity index (χ3n) is 8.64. The molecule has 0 aliphatic carbocycles. The highest BCUT2D eigenvalue weighted by molar-refractivity contribution is 6.93. The molecule has 0 amide bonds. The molecule has 3 nitrogen and oxygen atoms in total. The molecule has 0 fully saturated rings. The second kappa shape index (κ2) is 8.39.